The average molecular weight is 418 g/mol. The molecule has 1 amide bonds. The Morgan fingerprint density at radius 2 is 1.83 bits per heavy atom. The molecular weight excluding hydrogens is 397 g/mol. The molecule has 2 aromatic carbocycles. The third-order valence-electron chi connectivity index (χ3n) is 4.61. The molecule has 0 radical (unpaired) electrons. The van der Waals surface area contributed by atoms with E-state index in [1.165, 1.54) is 24.3 Å². The van der Waals surface area contributed by atoms with Crippen LogP contribution in [0.15, 0.2) is 48.5 Å². The Hall–Kier alpha value is -3.11. The van der Waals surface area contributed by atoms with E-state index in [-0.39, 0.29) is 11.6 Å². The van der Waals surface area contributed by atoms with Crippen molar-refractivity contribution < 1.29 is 19.0 Å². The molecule has 1 saturated heterocycles. The Morgan fingerprint density at radius 1 is 1.14 bits per heavy atom. The number of thiocarbonyl (C=S) groups is 1. The molecule has 1 aliphatic heterocycles. The van der Waals surface area contributed by atoms with Crippen molar-refractivity contribution in [1.82, 2.24) is 4.90 Å². The van der Waals surface area contributed by atoms with Gasteiger partial charge in [-0.25, -0.2) is 4.39 Å². The Kier molecular flexibility index (Phi) is 6.68. The van der Waals surface area contributed by atoms with E-state index in [2.05, 4.69) is 10.6 Å². The highest BCUT2D eigenvalue weighted by atomic mass is 32.1. The average Bonchev–Trinajstić information content (AvgIpc) is 2.69. The number of amides is 1. The van der Waals surface area contributed by atoms with Crippen LogP contribution in [0.2, 0.25) is 0 Å². The van der Waals surface area contributed by atoms with Gasteiger partial charge in [0.25, 0.3) is 11.6 Å². The third kappa shape index (κ3) is 5.93. The molecule has 29 heavy (non-hydrogen) atoms. The van der Waals surface area contributed by atoms with Gasteiger partial charge in [0, 0.05) is 23.5 Å². The van der Waals surface area contributed by atoms with Gasteiger partial charge in [0.05, 0.1) is 31.1 Å². The van der Waals surface area contributed by atoms with E-state index in [0.29, 0.717) is 36.1 Å². The molecule has 0 spiro atoms. The highest BCUT2D eigenvalue weighted by Gasteiger charge is 2.23. The molecule has 0 aliphatic carbocycles. The molecule has 2 aromatic rings. The molecule has 0 unspecified atom stereocenters. The van der Waals surface area contributed by atoms with Gasteiger partial charge >= 0.3 is 0 Å². The molecule has 10 heteroatoms. The van der Waals surface area contributed by atoms with E-state index in [1.54, 1.807) is 24.3 Å². The van der Waals surface area contributed by atoms with Gasteiger partial charge in [0.2, 0.25) is 0 Å². The number of nitro groups is 1. The third-order valence-corrected chi connectivity index (χ3v) is 4.97. The number of carbonyl (C=O) groups is 1. The van der Waals surface area contributed by atoms with E-state index in [0.717, 1.165) is 18.0 Å². The van der Waals surface area contributed by atoms with Crippen LogP contribution in [0.5, 0.6) is 0 Å². The SMILES string of the molecule is O=C(C[NH+]1CCN(C(=S)Nc2ccc([N+](=O)[O-])cc2)CC1)Nc1cccc(F)c1. The lowest BCUT2D eigenvalue weighted by molar-refractivity contribution is -0.895. The van der Waals surface area contributed by atoms with E-state index in [9.17, 15) is 19.3 Å². The normalized spacial score (nSPS) is 14.3. The lowest BCUT2D eigenvalue weighted by Gasteiger charge is -2.33. The van der Waals surface area contributed by atoms with Crippen LogP contribution in [-0.4, -0.2) is 53.6 Å². The largest absolute Gasteiger partial charge is 0.338 e. The Balaban J connectivity index is 1.44. The summed E-state index contributed by atoms with van der Waals surface area (Å²) in [4.78, 5) is 25.6. The lowest BCUT2D eigenvalue weighted by Crippen LogP contribution is -3.15. The number of hydrogen-bond donors (Lipinski definition) is 3. The second kappa shape index (κ2) is 9.39. The number of benzene rings is 2. The molecule has 152 valence electrons. The highest BCUT2D eigenvalue weighted by molar-refractivity contribution is 7.80. The van der Waals surface area contributed by atoms with Gasteiger partial charge in [-0.15, -0.1) is 0 Å². The summed E-state index contributed by atoms with van der Waals surface area (Å²) in [6.45, 7) is 3.13. The summed E-state index contributed by atoms with van der Waals surface area (Å²) in [5.74, 6) is -0.552. The Bertz CT molecular complexity index is 901. The van der Waals surface area contributed by atoms with Crippen molar-refractivity contribution in [2.75, 3.05) is 43.4 Å². The van der Waals surface area contributed by atoms with Gasteiger partial charge in [0.15, 0.2) is 11.7 Å². The quantitative estimate of drug-likeness (QED) is 0.385. The second-order valence-corrected chi connectivity index (χ2v) is 7.09. The number of hydrogen-bond acceptors (Lipinski definition) is 4. The number of nitro benzene ring substituents is 1. The second-order valence-electron chi connectivity index (χ2n) is 6.71. The molecule has 3 rings (SSSR count). The smallest absolute Gasteiger partial charge is 0.279 e. The molecule has 0 saturated carbocycles. The number of nitrogens with zero attached hydrogens (tertiary/aromatic N) is 2. The van der Waals surface area contributed by atoms with Crippen molar-refractivity contribution in [3.63, 3.8) is 0 Å². The summed E-state index contributed by atoms with van der Waals surface area (Å²) in [7, 11) is 0. The predicted molar refractivity (Wildman–Crippen MR) is 111 cm³/mol. The van der Waals surface area contributed by atoms with Gasteiger partial charge in [-0.05, 0) is 42.5 Å². The minimum absolute atomic E-state index is 0.0233. The molecule has 8 nitrogen and oxygen atoms in total. The van der Waals surface area contributed by atoms with E-state index in [4.69, 9.17) is 12.2 Å². The van der Waals surface area contributed by atoms with Crippen molar-refractivity contribution in [3.8, 4) is 0 Å². The summed E-state index contributed by atoms with van der Waals surface area (Å²) < 4.78 is 13.2. The van der Waals surface area contributed by atoms with Crippen LogP contribution in [-0.2, 0) is 4.79 Å². The Morgan fingerprint density at radius 3 is 2.45 bits per heavy atom. The minimum Gasteiger partial charge on any atom is -0.338 e. The van der Waals surface area contributed by atoms with Crippen molar-refractivity contribution in [2.45, 2.75) is 0 Å². The number of non-ortho nitro benzene ring substituents is 1. The van der Waals surface area contributed by atoms with E-state index >= 15 is 0 Å². The first-order valence-electron chi connectivity index (χ1n) is 9.10. The number of carbonyl (C=O) groups excluding carboxylic acids is 1. The zero-order chi connectivity index (χ0) is 20.8. The molecule has 0 bridgehead atoms. The molecule has 3 N–H and O–H groups in total. The molecular formula is C19H21FN5O3S+. The number of quaternary nitrogens is 1. The van der Waals surface area contributed by atoms with E-state index in [1.807, 2.05) is 4.90 Å². The highest BCUT2D eigenvalue weighted by Crippen LogP contribution is 2.16. The van der Waals surface area contributed by atoms with Crippen LogP contribution in [0.25, 0.3) is 0 Å². The maximum absolute atomic E-state index is 13.2. The predicted octanol–water partition coefficient (Wildman–Crippen LogP) is 1.27. The minimum atomic E-state index is -0.450. The first-order valence-corrected chi connectivity index (χ1v) is 9.51. The summed E-state index contributed by atoms with van der Waals surface area (Å²) in [5.41, 5.74) is 1.15. The number of anilines is 2. The van der Waals surface area contributed by atoms with Gasteiger partial charge in [-0.3, -0.25) is 14.9 Å². The van der Waals surface area contributed by atoms with Gasteiger partial charge < -0.3 is 20.4 Å². The fraction of sp³-hybridized carbons (Fsp3) is 0.263. The summed E-state index contributed by atoms with van der Waals surface area (Å²) in [6.07, 6.45) is 0. The maximum atomic E-state index is 13.2. The first kappa shape index (κ1) is 20.6. The molecule has 0 atom stereocenters. The van der Waals surface area contributed by atoms with Crippen LogP contribution < -0.4 is 15.5 Å². The van der Waals surface area contributed by atoms with Crippen LogP contribution in [0.3, 0.4) is 0 Å². The van der Waals surface area contributed by atoms with Crippen LogP contribution >= 0.6 is 12.2 Å². The standard InChI is InChI=1S/C19H20FN5O3S/c20-14-2-1-3-16(12-14)21-18(26)13-23-8-10-24(11-9-23)19(29)22-15-4-6-17(7-5-15)25(27)28/h1-7,12H,8-11,13H2,(H,21,26)(H,22,29)/p+1. The van der Waals surface area contributed by atoms with E-state index < -0.39 is 10.7 Å². The van der Waals surface area contributed by atoms with Gasteiger partial charge in [-0.1, -0.05) is 6.07 Å². The van der Waals surface area contributed by atoms with Crippen molar-refractivity contribution >= 4 is 40.3 Å². The summed E-state index contributed by atoms with van der Waals surface area (Å²) >= 11 is 5.42. The van der Waals surface area contributed by atoms with Crippen molar-refractivity contribution in [2.24, 2.45) is 0 Å². The zero-order valence-corrected chi connectivity index (χ0v) is 16.4. The number of nitrogens with one attached hydrogen (secondary N) is 3. The number of piperazine rings is 1. The van der Waals surface area contributed by atoms with Crippen molar-refractivity contribution in [3.05, 3.63) is 64.5 Å². The summed E-state index contributed by atoms with van der Waals surface area (Å²) in [6, 6.07) is 11.9. The monoisotopic (exact) mass is 418 g/mol. The van der Waals surface area contributed by atoms with Crippen LogP contribution in [0.4, 0.5) is 21.5 Å². The zero-order valence-electron chi connectivity index (χ0n) is 15.6. The molecule has 1 fully saturated rings. The topological polar surface area (TPSA) is 92.0 Å². The summed E-state index contributed by atoms with van der Waals surface area (Å²) in [5, 5.41) is 17.0. The van der Waals surface area contributed by atoms with Gasteiger partial charge in [-0.2, -0.15) is 0 Å². The number of halogens is 1. The Labute approximate surface area is 172 Å². The lowest BCUT2D eigenvalue weighted by atomic mass is 10.3. The first-order chi connectivity index (χ1) is 13.9. The molecule has 0 aromatic heterocycles. The van der Waals surface area contributed by atoms with Crippen LogP contribution in [0.1, 0.15) is 0 Å². The fourth-order valence-electron chi connectivity index (χ4n) is 3.07. The fourth-order valence-corrected chi connectivity index (χ4v) is 3.37. The molecule has 1 aliphatic rings. The number of rotatable bonds is 5. The maximum Gasteiger partial charge on any atom is 0.279 e. The van der Waals surface area contributed by atoms with Crippen molar-refractivity contribution in [1.29, 1.82) is 0 Å². The molecule has 1 heterocycles. The van der Waals surface area contributed by atoms with Crippen LogP contribution in [0, 0.1) is 15.9 Å². The van der Waals surface area contributed by atoms with Gasteiger partial charge in [0.1, 0.15) is 5.82 Å².